The average Bonchev–Trinajstić information content (AvgIpc) is 3.21. The fourth-order valence-corrected chi connectivity index (χ4v) is 3.83. The Morgan fingerprint density at radius 3 is 2.48 bits per heavy atom. The number of nitrogens with zero attached hydrogens (tertiary/aromatic N) is 2. The molecule has 0 atom stereocenters. The van der Waals surface area contributed by atoms with Gasteiger partial charge in [-0.25, -0.2) is 0 Å². The number of carbonyl (C=O) groups excluding carboxylic acids is 1. The summed E-state index contributed by atoms with van der Waals surface area (Å²) in [6, 6.07) is 5.29. The molecule has 1 saturated carbocycles. The van der Waals surface area contributed by atoms with E-state index in [1.807, 2.05) is 4.90 Å². The fourth-order valence-electron chi connectivity index (χ4n) is 3.83. The van der Waals surface area contributed by atoms with Gasteiger partial charge in [0.15, 0.2) is 11.5 Å². The molecule has 1 aromatic rings. The Hall–Kier alpha value is -2.15. The molecule has 7 heteroatoms. The number of ether oxygens (including phenoxy) is 2. The number of methoxy groups -OCH3 is 1. The highest BCUT2D eigenvalue weighted by atomic mass is 19.3. The van der Waals surface area contributed by atoms with Crippen LogP contribution in [0.3, 0.4) is 0 Å². The smallest absolute Gasteiger partial charge is 0.387 e. The molecule has 0 radical (unpaired) electrons. The van der Waals surface area contributed by atoms with Gasteiger partial charge in [0.25, 0.3) is 0 Å². The second kappa shape index (κ2) is 9.17. The van der Waals surface area contributed by atoms with Crippen LogP contribution in [0.15, 0.2) is 24.3 Å². The molecule has 3 rings (SSSR count). The van der Waals surface area contributed by atoms with E-state index in [1.165, 1.54) is 44.9 Å². The van der Waals surface area contributed by atoms with Gasteiger partial charge in [-0.05, 0) is 36.6 Å². The first-order valence-electron chi connectivity index (χ1n) is 9.40. The molecule has 1 aliphatic carbocycles. The Labute approximate surface area is 158 Å². The molecule has 0 N–H and O–H groups in total. The van der Waals surface area contributed by atoms with Gasteiger partial charge in [-0.15, -0.1) is 0 Å². The summed E-state index contributed by atoms with van der Waals surface area (Å²) in [6.07, 6.45) is 8.38. The summed E-state index contributed by atoms with van der Waals surface area (Å²) in [5, 5.41) is 0. The van der Waals surface area contributed by atoms with E-state index in [0.717, 1.165) is 26.2 Å². The number of halogens is 2. The molecule has 1 amide bonds. The lowest BCUT2D eigenvalue weighted by molar-refractivity contribution is -0.128. The zero-order valence-electron chi connectivity index (χ0n) is 15.6. The van der Waals surface area contributed by atoms with Crippen molar-refractivity contribution in [2.24, 2.45) is 0 Å². The number of alkyl halides is 2. The van der Waals surface area contributed by atoms with Crippen molar-refractivity contribution in [3.8, 4) is 11.5 Å². The van der Waals surface area contributed by atoms with Crippen molar-refractivity contribution in [3.63, 3.8) is 0 Å². The van der Waals surface area contributed by atoms with Gasteiger partial charge in [-0.2, -0.15) is 8.78 Å². The van der Waals surface area contributed by atoms with Crippen molar-refractivity contribution in [1.29, 1.82) is 0 Å². The summed E-state index contributed by atoms with van der Waals surface area (Å²) in [6.45, 7) is 0.425. The summed E-state index contributed by atoms with van der Waals surface area (Å²) in [5.41, 5.74) is 0.686. The first-order chi connectivity index (χ1) is 13.1. The van der Waals surface area contributed by atoms with Crippen molar-refractivity contribution in [1.82, 2.24) is 9.80 Å². The molecule has 0 bridgehead atoms. The van der Waals surface area contributed by atoms with Gasteiger partial charge in [-0.3, -0.25) is 9.69 Å². The van der Waals surface area contributed by atoms with Crippen LogP contribution in [0.1, 0.15) is 31.2 Å². The third kappa shape index (κ3) is 5.19. The van der Waals surface area contributed by atoms with Gasteiger partial charge < -0.3 is 14.4 Å². The molecule has 2 fully saturated rings. The normalized spacial score (nSPS) is 19.2. The van der Waals surface area contributed by atoms with E-state index in [0.29, 0.717) is 11.6 Å². The van der Waals surface area contributed by atoms with Gasteiger partial charge in [0.1, 0.15) is 0 Å². The zero-order chi connectivity index (χ0) is 19.2. The molecule has 2 aliphatic rings. The van der Waals surface area contributed by atoms with E-state index in [9.17, 15) is 13.6 Å². The highest BCUT2D eigenvalue weighted by Crippen LogP contribution is 2.30. The monoisotopic (exact) mass is 380 g/mol. The van der Waals surface area contributed by atoms with Crippen molar-refractivity contribution in [2.75, 3.05) is 33.3 Å². The summed E-state index contributed by atoms with van der Waals surface area (Å²) < 4.78 is 34.2. The molecule has 1 heterocycles. The summed E-state index contributed by atoms with van der Waals surface area (Å²) in [5.74, 6) is 0.141. The third-order valence-corrected chi connectivity index (χ3v) is 5.29. The average molecular weight is 380 g/mol. The molecule has 0 aromatic heterocycles. The summed E-state index contributed by atoms with van der Waals surface area (Å²) >= 11 is 0. The minimum absolute atomic E-state index is 0.0287. The van der Waals surface area contributed by atoms with Gasteiger partial charge in [0, 0.05) is 38.3 Å². The van der Waals surface area contributed by atoms with E-state index in [2.05, 4.69) is 9.64 Å². The quantitative estimate of drug-likeness (QED) is 0.710. The predicted molar refractivity (Wildman–Crippen MR) is 99.1 cm³/mol. The van der Waals surface area contributed by atoms with Crippen molar-refractivity contribution in [3.05, 3.63) is 29.8 Å². The lowest BCUT2D eigenvalue weighted by Crippen LogP contribution is -2.51. The molecular weight excluding hydrogens is 354 g/mol. The second-order valence-corrected chi connectivity index (χ2v) is 6.92. The highest BCUT2D eigenvalue weighted by Gasteiger charge is 2.27. The Morgan fingerprint density at radius 2 is 1.85 bits per heavy atom. The summed E-state index contributed by atoms with van der Waals surface area (Å²) in [7, 11) is 1.39. The van der Waals surface area contributed by atoms with E-state index >= 15 is 0 Å². The number of amides is 1. The second-order valence-electron chi connectivity index (χ2n) is 6.92. The van der Waals surface area contributed by atoms with Crippen LogP contribution in [0.5, 0.6) is 11.5 Å². The van der Waals surface area contributed by atoms with Crippen molar-refractivity contribution in [2.45, 2.75) is 38.3 Å². The number of piperazine rings is 1. The number of hydrogen-bond donors (Lipinski definition) is 0. The molecule has 1 aliphatic heterocycles. The zero-order valence-corrected chi connectivity index (χ0v) is 15.6. The van der Waals surface area contributed by atoms with Crippen molar-refractivity contribution >= 4 is 12.0 Å². The first-order valence-corrected chi connectivity index (χ1v) is 9.40. The van der Waals surface area contributed by atoms with Crippen LogP contribution in [-0.2, 0) is 4.79 Å². The van der Waals surface area contributed by atoms with Gasteiger partial charge in [0.05, 0.1) is 7.11 Å². The van der Waals surface area contributed by atoms with Crippen molar-refractivity contribution < 1.29 is 23.0 Å². The SMILES string of the molecule is COc1cc(/C=C/C(=O)N2CCN(C3CCCC3)CC2)ccc1OC(F)F. The van der Waals surface area contributed by atoms with Gasteiger partial charge in [0.2, 0.25) is 5.91 Å². The van der Waals surface area contributed by atoms with Crippen LogP contribution in [0.4, 0.5) is 8.78 Å². The standard InChI is InChI=1S/C20H26F2N2O3/c1-26-18-14-15(6-8-17(18)27-20(21)22)7-9-19(25)24-12-10-23(11-13-24)16-4-2-3-5-16/h6-9,14,16,20H,2-5,10-13H2,1H3/b9-7+. The Morgan fingerprint density at radius 1 is 1.15 bits per heavy atom. The molecule has 5 nitrogen and oxygen atoms in total. The molecule has 27 heavy (non-hydrogen) atoms. The molecule has 0 unspecified atom stereocenters. The first kappa shape index (κ1) is 19.6. The van der Waals surface area contributed by atoms with Gasteiger partial charge in [-0.1, -0.05) is 18.9 Å². The minimum Gasteiger partial charge on any atom is -0.493 e. The number of benzene rings is 1. The molecule has 148 valence electrons. The maximum absolute atomic E-state index is 12.4. The van der Waals surface area contributed by atoms with Crippen LogP contribution >= 0.6 is 0 Å². The van der Waals surface area contributed by atoms with E-state index in [-0.39, 0.29) is 17.4 Å². The highest BCUT2D eigenvalue weighted by molar-refractivity contribution is 5.92. The van der Waals surface area contributed by atoms with E-state index < -0.39 is 6.61 Å². The maximum atomic E-state index is 12.4. The molecule has 0 spiro atoms. The van der Waals surface area contributed by atoms with Gasteiger partial charge >= 0.3 is 6.61 Å². The topological polar surface area (TPSA) is 42.0 Å². The van der Waals surface area contributed by atoms with Crippen LogP contribution in [-0.4, -0.2) is 61.6 Å². The van der Waals surface area contributed by atoms with Crippen LogP contribution in [0.25, 0.3) is 6.08 Å². The van der Waals surface area contributed by atoms with E-state index in [1.54, 1.807) is 18.2 Å². The Balaban J connectivity index is 1.55. The minimum atomic E-state index is -2.91. The maximum Gasteiger partial charge on any atom is 0.387 e. The Bertz CT molecular complexity index is 667. The van der Waals surface area contributed by atoms with Crippen LogP contribution in [0, 0.1) is 0 Å². The van der Waals surface area contributed by atoms with E-state index in [4.69, 9.17) is 4.74 Å². The molecule has 1 aromatic carbocycles. The lowest BCUT2D eigenvalue weighted by Gasteiger charge is -2.37. The largest absolute Gasteiger partial charge is 0.493 e. The molecule has 1 saturated heterocycles. The summed E-state index contributed by atoms with van der Waals surface area (Å²) in [4.78, 5) is 16.8. The fraction of sp³-hybridized carbons (Fsp3) is 0.550. The Kier molecular flexibility index (Phi) is 6.66. The molecular formula is C20H26F2N2O3. The third-order valence-electron chi connectivity index (χ3n) is 5.29. The number of rotatable bonds is 6. The van der Waals surface area contributed by atoms with Crippen LogP contribution < -0.4 is 9.47 Å². The lowest BCUT2D eigenvalue weighted by atomic mass is 10.1. The number of carbonyl (C=O) groups is 1. The predicted octanol–water partition coefficient (Wildman–Crippen LogP) is 3.40. The van der Waals surface area contributed by atoms with Crippen LogP contribution in [0.2, 0.25) is 0 Å². The number of hydrogen-bond acceptors (Lipinski definition) is 4.